The topological polar surface area (TPSA) is 42.1 Å². The second-order valence-electron chi connectivity index (χ2n) is 4.79. The van der Waals surface area contributed by atoms with Gasteiger partial charge in [0.2, 0.25) is 0 Å². The van der Waals surface area contributed by atoms with Crippen molar-refractivity contribution in [2.75, 3.05) is 6.61 Å². The molecule has 2 atom stereocenters. The number of carbonyl (C=O) groups excluding carboxylic acids is 1. The Kier molecular flexibility index (Phi) is 2.88. The van der Waals surface area contributed by atoms with Gasteiger partial charge >= 0.3 is 0 Å². The maximum Gasteiger partial charge on any atom is 0.194 e. The molecule has 0 amide bonds. The first kappa shape index (κ1) is 11.8. The van der Waals surface area contributed by atoms with Gasteiger partial charge in [0.25, 0.3) is 0 Å². The molecule has 3 nitrogen and oxygen atoms in total. The third-order valence-corrected chi connectivity index (χ3v) is 3.88. The second kappa shape index (κ2) is 4.41. The Balaban J connectivity index is 2.07. The summed E-state index contributed by atoms with van der Waals surface area (Å²) in [6.07, 6.45) is 2.33. The number of H-pyrrole nitrogens is 1. The molecule has 1 fully saturated rings. The number of fused-ring (bicyclic) bond motifs is 1. The van der Waals surface area contributed by atoms with Crippen molar-refractivity contribution in [1.82, 2.24) is 4.98 Å². The molecule has 0 saturated carbocycles. The van der Waals surface area contributed by atoms with Crippen molar-refractivity contribution >= 4 is 28.3 Å². The summed E-state index contributed by atoms with van der Waals surface area (Å²) in [5, 5.41) is 1.40. The second-order valence-corrected chi connectivity index (χ2v) is 5.19. The molecule has 2 aromatic rings. The molecule has 94 valence electrons. The summed E-state index contributed by atoms with van der Waals surface area (Å²) < 4.78 is 5.53. The van der Waals surface area contributed by atoms with Gasteiger partial charge in [-0.3, -0.25) is 4.79 Å². The third-order valence-electron chi connectivity index (χ3n) is 3.57. The highest BCUT2D eigenvalue weighted by Gasteiger charge is 2.32. The summed E-state index contributed by atoms with van der Waals surface area (Å²) in [5.74, 6) is 0.296. The first-order chi connectivity index (χ1) is 8.68. The largest absolute Gasteiger partial charge is 0.370 e. The fourth-order valence-corrected chi connectivity index (χ4v) is 2.79. The van der Waals surface area contributed by atoms with Gasteiger partial charge < -0.3 is 9.72 Å². The van der Waals surface area contributed by atoms with Crippen LogP contribution in [-0.2, 0) is 4.74 Å². The number of ketones is 1. The molecule has 1 saturated heterocycles. The minimum atomic E-state index is -0.333. The van der Waals surface area contributed by atoms with Crippen molar-refractivity contribution in [1.29, 1.82) is 0 Å². The molecule has 1 aliphatic heterocycles. The van der Waals surface area contributed by atoms with Crippen molar-refractivity contribution in [3.8, 4) is 0 Å². The Hall–Kier alpha value is -1.32. The minimum Gasteiger partial charge on any atom is -0.370 e. The SMILES string of the molecule is CC1CCOC1C(=O)c1c[nH]c2cccc(Cl)c12. The van der Waals surface area contributed by atoms with Crippen LogP contribution in [0, 0.1) is 5.92 Å². The summed E-state index contributed by atoms with van der Waals surface area (Å²) in [6.45, 7) is 2.71. The quantitative estimate of drug-likeness (QED) is 0.844. The van der Waals surface area contributed by atoms with Crippen LogP contribution in [0.1, 0.15) is 23.7 Å². The smallest absolute Gasteiger partial charge is 0.194 e. The van der Waals surface area contributed by atoms with E-state index in [4.69, 9.17) is 16.3 Å². The van der Waals surface area contributed by atoms with Gasteiger partial charge in [-0.05, 0) is 24.5 Å². The molecule has 4 heteroatoms. The number of benzene rings is 1. The maximum absolute atomic E-state index is 12.5. The Morgan fingerprint density at radius 1 is 1.50 bits per heavy atom. The van der Waals surface area contributed by atoms with E-state index in [9.17, 15) is 4.79 Å². The highest BCUT2D eigenvalue weighted by Crippen LogP contribution is 2.30. The highest BCUT2D eigenvalue weighted by molar-refractivity contribution is 6.37. The number of ether oxygens (including phenoxy) is 1. The van der Waals surface area contributed by atoms with Gasteiger partial charge in [0.15, 0.2) is 5.78 Å². The van der Waals surface area contributed by atoms with Crippen LogP contribution < -0.4 is 0 Å². The zero-order valence-corrected chi connectivity index (χ0v) is 10.8. The predicted molar refractivity (Wildman–Crippen MR) is 71.2 cm³/mol. The summed E-state index contributed by atoms with van der Waals surface area (Å²) >= 11 is 6.18. The van der Waals surface area contributed by atoms with Crippen LogP contribution in [-0.4, -0.2) is 23.5 Å². The number of nitrogens with one attached hydrogen (secondary N) is 1. The van der Waals surface area contributed by atoms with Crippen LogP contribution >= 0.6 is 11.6 Å². The monoisotopic (exact) mass is 263 g/mol. The Morgan fingerprint density at radius 2 is 2.33 bits per heavy atom. The Labute approximate surface area is 110 Å². The molecular formula is C14H14ClNO2. The molecule has 3 rings (SSSR count). The lowest BCUT2D eigenvalue weighted by Gasteiger charge is -2.12. The van der Waals surface area contributed by atoms with Crippen molar-refractivity contribution in [3.05, 3.63) is 35.0 Å². The van der Waals surface area contributed by atoms with Crippen molar-refractivity contribution < 1.29 is 9.53 Å². The molecule has 1 aromatic carbocycles. The average molecular weight is 264 g/mol. The van der Waals surface area contributed by atoms with E-state index >= 15 is 0 Å². The van der Waals surface area contributed by atoms with Gasteiger partial charge in [0.1, 0.15) is 6.10 Å². The van der Waals surface area contributed by atoms with E-state index in [0.717, 1.165) is 17.3 Å². The maximum atomic E-state index is 12.5. The van der Waals surface area contributed by atoms with E-state index in [1.54, 1.807) is 12.3 Å². The van der Waals surface area contributed by atoms with E-state index < -0.39 is 0 Å². The van der Waals surface area contributed by atoms with Gasteiger partial charge in [-0.25, -0.2) is 0 Å². The van der Waals surface area contributed by atoms with Crippen LogP contribution in [0.15, 0.2) is 24.4 Å². The number of Topliss-reactive ketones (excluding diaryl/α,β-unsaturated/α-hetero) is 1. The van der Waals surface area contributed by atoms with Crippen molar-refractivity contribution in [2.45, 2.75) is 19.4 Å². The molecule has 0 aliphatic carbocycles. The van der Waals surface area contributed by atoms with Crippen LogP contribution in [0.4, 0.5) is 0 Å². The first-order valence-corrected chi connectivity index (χ1v) is 6.47. The number of rotatable bonds is 2. The van der Waals surface area contributed by atoms with Gasteiger partial charge in [0.05, 0.1) is 5.02 Å². The predicted octanol–water partition coefficient (Wildman–Crippen LogP) is 3.43. The first-order valence-electron chi connectivity index (χ1n) is 6.10. The van der Waals surface area contributed by atoms with Gasteiger partial charge in [-0.1, -0.05) is 24.6 Å². The zero-order valence-electron chi connectivity index (χ0n) is 10.1. The molecule has 0 spiro atoms. The Morgan fingerprint density at radius 3 is 3.06 bits per heavy atom. The summed E-state index contributed by atoms with van der Waals surface area (Å²) in [5.41, 5.74) is 1.52. The number of halogens is 1. The van der Waals surface area contributed by atoms with Crippen LogP contribution in [0.3, 0.4) is 0 Å². The number of carbonyl (C=O) groups is 1. The highest BCUT2D eigenvalue weighted by atomic mass is 35.5. The molecular weight excluding hydrogens is 250 g/mol. The van der Waals surface area contributed by atoms with Crippen molar-refractivity contribution in [2.24, 2.45) is 5.92 Å². The van der Waals surface area contributed by atoms with E-state index in [2.05, 4.69) is 4.98 Å². The van der Waals surface area contributed by atoms with Crippen LogP contribution in [0.5, 0.6) is 0 Å². The average Bonchev–Trinajstić information content (AvgIpc) is 2.95. The van der Waals surface area contributed by atoms with Gasteiger partial charge in [-0.2, -0.15) is 0 Å². The molecule has 1 N–H and O–H groups in total. The molecule has 2 unspecified atom stereocenters. The van der Waals surface area contributed by atoms with Crippen LogP contribution in [0.2, 0.25) is 5.02 Å². The number of hydrogen-bond donors (Lipinski definition) is 1. The number of aromatic nitrogens is 1. The summed E-state index contributed by atoms with van der Waals surface area (Å²) in [7, 11) is 0. The lowest BCUT2D eigenvalue weighted by Crippen LogP contribution is -2.25. The standard InChI is InChI=1S/C14H14ClNO2/c1-8-5-6-18-14(8)13(17)9-7-16-11-4-2-3-10(15)12(9)11/h2-4,7-8,14,16H,5-6H2,1H3. The summed E-state index contributed by atoms with van der Waals surface area (Å²) in [4.78, 5) is 15.6. The molecule has 1 aromatic heterocycles. The lowest BCUT2D eigenvalue weighted by atomic mass is 9.96. The van der Waals surface area contributed by atoms with E-state index in [-0.39, 0.29) is 17.8 Å². The van der Waals surface area contributed by atoms with Gasteiger partial charge in [-0.15, -0.1) is 0 Å². The number of hydrogen-bond acceptors (Lipinski definition) is 2. The van der Waals surface area contributed by atoms with E-state index in [0.29, 0.717) is 17.2 Å². The van der Waals surface area contributed by atoms with E-state index in [1.165, 1.54) is 0 Å². The molecule has 0 bridgehead atoms. The zero-order chi connectivity index (χ0) is 12.7. The molecule has 0 radical (unpaired) electrons. The number of aromatic amines is 1. The molecule has 18 heavy (non-hydrogen) atoms. The lowest BCUT2D eigenvalue weighted by molar-refractivity contribution is 0.0581. The minimum absolute atomic E-state index is 0.0272. The molecule has 1 aliphatic rings. The van der Waals surface area contributed by atoms with Gasteiger partial charge in [0, 0.05) is 29.3 Å². The summed E-state index contributed by atoms with van der Waals surface area (Å²) in [6, 6.07) is 5.58. The fraction of sp³-hybridized carbons (Fsp3) is 0.357. The molecule has 2 heterocycles. The normalized spacial score (nSPS) is 23.7. The third kappa shape index (κ3) is 1.74. The fourth-order valence-electron chi connectivity index (χ4n) is 2.52. The van der Waals surface area contributed by atoms with Crippen molar-refractivity contribution in [3.63, 3.8) is 0 Å². The van der Waals surface area contributed by atoms with E-state index in [1.807, 2.05) is 19.1 Å². The Bertz CT molecular complexity index is 605. The van der Waals surface area contributed by atoms with Crippen LogP contribution in [0.25, 0.3) is 10.9 Å².